The van der Waals surface area contributed by atoms with Gasteiger partial charge in [-0.1, -0.05) is 65.3 Å². The SMILES string of the molecule is CCC.Cc1ccccc1C(C)(C)C. The molecule has 0 unspecified atom stereocenters. The zero-order valence-electron chi connectivity index (χ0n) is 10.5. The molecule has 1 rings (SSSR count). The molecule has 0 amide bonds. The average molecular weight is 192 g/mol. The van der Waals surface area contributed by atoms with Gasteiger partial charge in [-0.25, -0.2) is 0 Å². The molecule has 0 heterocycles. The molecule has 0 aliphatic rings. The third-order valence-electron chi connectivity index (χ3n) is 1.95. The van der Waals surface area contributed by atoms with Gasteiger partial charge >= 0.3 is 0 Å². The largest absolute Gasteiger partial charge is 0.0656 e. The highest BCUT2D eigenvalue weighted by Gasteiger charge is 2.14. The minimum atomic E-state index is 0.283. The molecular weight excluding hydrogens is 168 g/mol. The molecular formula is C14H24. The van der Waals surface area contributed by atoms with Crippen LogP contribution in [0.3, 0.4) is 0 Å². The quantitative estimate of drug-likeness (QED) is 0.558. The minimum absolute atomic E-state index is 0.283. The second kappa shape index (κ2) is 5.85. The van der Waals surface area contributed by atoms with E-state index in [4.69, 9.17) is 0 Å². The van der Waals surface area contributed by atoms with Crippen molar-refractivity contribution in [3.8, 4) is 0 Å². The number of rotatable bonds is 0. The van der Waals surface area contributed by atoms with Gasteiger partial charge in [0.1, 0.15) is 0 Å². The van der Waals surface area contributed by atoms with Gasteiger partial charge in [0, 0.05) is 0 Å². The highest BCUT2D eigenvalue weighted by molar-refractivity contribution is 5.31. The van der Waals surface area contributed by atoms with E-state index < -0.39 is 0 Å². The van der Waals surface area contributed by atoms with Crippen LogP contribution in [0.15, 0.2) is 24.3 Å². The van der Waals surface area contributed by atoms with E-state index in [0.717, 1.165) is 0 Å². The van der Waals surface area contributed by atoms with E-state index in [9.17, 15) is 0 Å². The predicted octanol–water partition coefficient (Wildman–Crippen LogP) is 4.71. The van der Waals surface area contributed by atoms with Crippen LogP contribution in [0.25, 0.3) is 0 Å². The summed E-state index contributed by atoms with van der Waals surface area (Å²) in [6, 6.07) is 8.56. The zero-order valence-corrected chi connectivity index (χ0v) is 10.5. The summed E-state index contributed by atoms with van der Waals surface area (Å²) >= 11 is 0. The lowest BCUT2D eigenvalue weighted by molar-refractivity contribution is 0.586. The van der Waals surface area contributed by atoms with E-state index in [-0.39, 0.29) is 5.41 Å². The average Bonchev–Trinajstić information content (AvgIpc) is 2.04. The van der Waals surface area contributed by atoms with Gasteiger partial charge in [0.05, 0.1) is 0 Å². The summed E-state index contributed by atoms with van der Waals surface area (Å²) in [5.74, 6) is 0. The van der Waals surface area contributed by atoms with Crippen molar-refractivity contribution in [1.82, 2.24) is 0 Å². The van der Waals surface area contributed by atoms with Crippen LogP contribution in [-0.4, -0.2) is 0 Å². The minimum Gasteiger partial charge on any atom is -0.0656 e. The smallest absolute Gasteiger partial charge is 0.0129 e. The second-order valence-corrected chi connectivity index (χ2v) is 4.77. The maximum atomic E-state index is 2.25. The zero-order chi connectivity index (χ0) is 11.2. The van der Waals surface area contributed by atoms with Crippen molar-refractivity contribution in [2.24, 2.45) is 0 Å². The van der Waals surface area contributed by atoms with Gasteiger partial charge in [0.15, 0.2) is 0 Å². The predicted molar refractivity (Wildman–Crippen MR) is 65.8 cm³/mol. The molecule has 80 valence electrons. The van der Waals surface area contributed by atoms with Crippen LogP contribution in [0, 0.1) is 6.92 Å². The molecule has 0 bridgehead atoms. The van der Waals surface area contributed by atoms with Crippen molar-refractivity contribution in [3.63, 3.8) is 0 Å². The summed E-state index contributed by atoms with van der Waals surface area (Å²) < 4.78 is 0. The molecule has 0 nitrogen and oxygen atoms in total. The Labute approximate surface area is 89.4 Å². The standard InChI is InChI=1S/C11H16.C3H8/c1-9-7-5-6-8-10(9)11(2,3)4;1-3-2/h5-8H,1-4H3;3H2,1-2H3. The topological polar surface area (TPSA) is 0 Å². The van der Waals surface area contributed by atoms with E-state index >= 15 is 0 Å². The molecule has 1 aromatic carbocycles. The second-order valence-electron chi connectivity index (χ2n) is 4.77. The van der Waals surface area contributed by atoms with Crippen LogP contribution in [0.4, 0.5) is 0 Å². The van der Waals surface area contributed by atoms with Crippen LogP contribution in [0.1, 0.15) is 52.2 Å². The fourth-order valence-corrected chi connectivity index (χ4v) is 1.41. The number of hydrogen-bond donors (Lipinski definition) is 0. The van der Waals surface area contributed by atoms with Gasteiger partial charge in [0.2, 0.25) is 0 Å². The molecule has 0 fully saturated rings. The van der Waals surface area contributed by atoms with Crippen molar-refractivity contribution in [1.29, 1.82) is 0 Å². The first-order valence-corrected chi connectivity index (χ1v) is 5.49. The Hall–Kier alpha value is -0.780. The van der Waals surface area contributed by atoms with E-state index in [1.807, 2.05) is 0 Å². The molecule has 0 N–H and O–H groups in total. The first-order valence-electron chi connectivity index (χ1n) is 5.49. The Morgan fingerprint density at radius 2 is 1.43 bits per heavy atom. The lowest BCUT2D eigenvalue weighted by atomic mass is 9.84. The molecule has 0 atom stereocenters. The summed E-state index contributed by atoms with van der Waals surface area (Å²) in [5.41, 5.74) is 3.12. The van der Waals surface area contributed by atoms with Crippen molar-refractivity contribution in [3.05, 3.63) is 35.4 Å². The molecule has 14 heavy (non-hydrogen) atoms. The summed E-state index contributed by atoms with van der Waals surface area (Å²) in [7, 11) is 0. The maximum absolute atomic E-state index is 2.25. The maximum Gasteiger partial charge on any atom is -0.0129 e. The fourth-order valence-electron chi connectivity index (χ4n) is 1.41. The Bertz CT molecular complexity index is 253. The van der Waals surface area contributed by atoms with Gasteiger partial charge in [-0.2, -0.15) is 0 Å². The van der Waals surface area contributed by atoms with Crippen LogP contribution in [0.2, 0.25) is 0 Å². The first-order chi connectivity index (χ1) is 6.43. The molecule has 0 aliphatic heterocycles. The molecule has 0 radical (unpaired) electrons. The van der Waals surface area contributed by atoms with Gasteiger partial charge in [-0.15, -0.1) is 0 Å². The Kier molecular flexibility index (Phi) is 5.52. The van der Waals surface area contributed by atoms with E-state index in [0.29, 0.717) is 0 Å². The summed E-state index contributed by atoms with van der Waals surface area (Å²) in [6.45, 7) is 13.2. The van der Waals surface area contributed by atoms with Crippen LogP contribution in [0.5, 0.6) is 0 Å². The van der Waals surface area contributed by atoms with Crippen LogP contribution < -0.4 is 0 Å². The summed E-state index contributed by atoms with van der Waals surface area (Å²) in [6.07, 6.45) is 1.25. The molecule has 0 aliphatic carbocycles. The van der Waals surface area contributed by atoms with Crippen molar-refractivity contribution >= 4 is 0 Å². The van der Waals surface area contributed by atoms with Crippen molar-refractivity contribution in [2.45, 2.75) is 53.4 Å². The molecule has 1 aromatic rings. The number of benzene rings is 1. The van der Waals surface area contributed by atoms with E-state index in [2.05, 4.69) is 65.8 Å². The van der Waals surface area contributed by atoms with Crippen LogP contribution >= 0.6 is 0 Å². The Morgan fingerprint density at radius 1 is 1.00 bits per heavy atom. The van der Waals surface area contributed by atoms with Gasteiger partial charge in [-0.05, 0) is 23.5 Å². The third-order valence-corrected chi connectivity index (χ3v) is 1.95. The van der Waals surface area contributed by atoms with Gasteiger partial charge in [-0.3, -0.25) is 0 Å². The molecule has 0 saturated carbocycles. The number of aryl methyl sites for hydroxylation is 1. The molecule has 0 saturated heterocycles. The highest BCUT2D eigenvalue weighted by Crippen LogP contribution is 2.24. The summed E-state index contributed by atoms with van der Waals surface area (Å²) in [5, 5.41) is 0. The molecule has 0 heteroatoms. The lowest BCUT2D eigenvalue weighted by Crippen LogP contribution is -2.12. The first kappa shape index (κ1) is 13.2. The van der Waals surface area contributed by atoms with Gasteiger partial charge in [0.25, 0.3) is 0 Å². The van der Waals surface area contributed by atoms with E-state index in [1.165, 1.54) is 17.5 Å². The Morgan fingerprint density at radius 3 is 1.71 bits per heavy atom. The summed E-state index contributed by atoms with van der Waals surface area (Å²) in [4.78, 5) is 0. The fraction of sp³-hybridized carbons (Fsp3) is 0.571. The third kappa shape index (κ3) is 4.45. The normalized spacial score (nSPS) is 10.4. The molecule has 0 aromatic heterocycles. The monoisotopic (exact) mass is 192 g/mol. The lowest BCUT2D eigenvalue weighted by Gasteiger charge is -2.21. The van der Waals surface area contributed by atoms with Gasteiger partial charge < -0.3 is 0 Å². The Balaban J connectivity index is 0.000000500. The van der Waals surface area contributed by atoms with Crippen molar-refractivity contribution in [2.75, 3.05) is 0 Å². The molecule has 0 spiro atoms. The van der Waals surface area contributed by atoms with E-state index in [1.54, 1.807) is 0 Å². The van der Waals surface area contributed by atoms with Crippen LogP contribution in [-0.2, 0) is 5.41 Å². The van der Waals surface area contributed by atoms with Crippen molar-refractivity contribution < 1.29 is 0 Å². The highest BCUT2D eigenvalue weighted by atomic mass is 14.2. The number of hydrogen-bond acceptors (Lipinski definition) is 0.